The van der Waals surface area contributed by atoms with Gasteiger partial charge in [0.15, 0.2) is 0 Å². The zero-order chi connectivity index (χ0) is 13.9. The Morgan fingerprint density at radius 1 is 1.17 bits per heavy atom. The fourth-order valence-electron chi connectivity index (χ4n) is 1.90. The van der Waals surface area contributed by atoms with Gasteiger partial charge >= 0.3 is 0 Å². The average Bonchev–Trinajstić information content (AvgIpc) is 2.28. The number of amides is 1. The Balaban J connectivity index is 3.18. The summed E-state index contributed by atoms with van der Waals surface area (Å²) in [5, 5.41) is 0. The molecule has 2 N–H and O–H groups in total. The van der Waals surface area contributed by atoms with Crippen LogP contribution in [0, 0.1) is 0 Å². The molecule has 0 atom stereocenters. The molecule has 0 radical (unpaired) electrons. The highest BCUT2D eigenvalue weighted by atomic mass is 16.2. The first-order chi connectivity index (χ1) is 8.29. The standard InChI is InChI=1S/C15H24N2O/c1-6-17(7-2)14(18)11-8-12(15(3,4)5)10-13(16)9-11/h8-10H,6-7,16H2,1-5H3. The zero-order valence-corrected chi connectivity index (χ0v) is 12.1. The highest BCUT2D eigenvalue weighted by molar-refractivity contribution is 5.95. The Morgan fingerprint density at radius 2 is 1.72 bits per heavy atom. The van der Waals surface area contributed by atoms with Gasteiger partial charge in [0.05, 0.1) is 0 Å². The molecule has 0 aliphatic rings. The van der Waals surface area contributed by atoms with Crippen LogP contribution in [0.3, 0.4) is 0 Å². The fraction of sp³-hybridized carbons (Fsp3) is 0.533. The minimum Gasteiger partial charge on any atom is -0.399 e. The normalized spacial score (nSPS) is 11.4. The van der Waals surface area contributed by atoms with Gasteiger partial charge in [0.2, 0.25) is 0 Å². The molecule has 0 aliphatic carbocycles. The van der Waals surface area contributed by atoms with Gasteiger partial charge in [-0.05, 0) is 43.0 Å². The van der Waals surface area contributed by atoms with Crippen molar-refractivity contribution in [3.8, 4) is 0 Å². The lowest BCUT2D eigenvalue weighted by Crippen LogP contribution is -2.30. The smallest absolute Gasteiger partial charge is 0.253 e. The third-order valence-electron chi connectivity index (χ3n) is 3.12. The number of carbonyl (C=O) groups is 1. The number of hydrogen-bond donors (Lipinski definition) is 1. The molecule has 3 heteroatoms. The van der Waals surface area contributed by atoms with Gasteiger partial charge < -0.3 is 10.6 Å². The van der Waals surface area contributed by atoms with Crippen molar-refractivity contribution in [3.63, 3.8) is 0 Å². The monoisotopic (exact) mass is 248 g/mol. The van der Waals surface area contributed by atoms with Crippen molar-refractivity contribution < 1.29 is 4.79 Å². The maximum Gasteiger partial charge on any atom is 0.253 e. The lowest BCUT2D eigenvalue weighted by molar-refractivity contribution is 0.0773. The van der Waals surface area contributed by atoms with Gasteiger partial charge in [-0.1, -0.05) is 20.8 Å². The molecule has 0 saturated carbocycles. The Labute approximate surface area is 110 Å². The van der Waals surface area contributed by atoms with Crippen molar-refractivity contribution >= 4 is 11.6 Å². The highest BCUT2D eigenvalue weighted by Crippen LogP contribution is 2.26. The number of hydrogen-bond acceptors (Lipinski definition) is 2. The van der Waals surface area contributed by atoms with Crippen LogP contribution in [0.1, 0.15) is 50.5 Å². The topological polar surface area (TPSA) is 46.3 Å². The Bertz CT molecular complexity index is 429. The first-order valence-corrected chi connectivity index (χ1v) is 6.50. The molecule has 0 fully saturated rings. The van der Waals surface area contributed by atoms with Crippen LogP contribution >= 0.6 is 0 Å². The van der Waals surface area contributed by atoms with E-state index in [2.05, 4.69) is 20.8 Å². The molecule has 0 unspecified atom stereocenters. The summed E-state index contributed by atoms with van der Waals surface area (Å²) in [4.78, 5) is 14.1. The van der Waals surface area contributed by atoms with E-state index in [9.17, 15) is 4.79 Å². The number of nitrogens with two attached hydrogens (primary N) is 1. The molecule has 0 aromatic heterocycles. The number of nitrogen functional groups attached to an aromatic ring is 1. The third-order valence-corrected chi connectivity index (χ3v) is 3.12. The summed E-state index contributed by atoms with van der Waals surface area (Å²) in [5.41, 5.74) is 8.33. The van der Waals surface area contributed by atoms with Gasteiger partial charge in [-0.15, -0.1) is 0 Å². The second-order valence-electron chi connectivity index (χ2n) is 5.57. The molecular formula is C15H24N2O. The van der Waals surface area contributed by atoms with E-state index in [1.807, 2.05) is 26.0 Å². The molecule has 1 rings (SSSR count). The third kappa shape index (κ3) is 3.25. The van der Waals surface area contributed by atoms with Crippen molar-refractivity contribution in [1.29, 1.82) is 0 Å². The van der Waals surface area contributed by atoms with Crippen LogP contribution in [-0.2, 0) is 5.41 Å². The molecule has 1 aromatic rings. The molecule has 0 saturated heterocycles. The van der Waals surface area contributed by atoms with Crippen molar-refractivity contribution in [2.45, 2.75) is 40.0 Å². The number of benzene rings is 1. The Hall–Kier alpha value is -1.51. The molecule has 0 bridgehead atoms. The second kappa shape index (κ2) is 5.42. The van der Waals surface area contributed by atoms with Crippen molar-refractivity contribution in [1.82, 2.24) is 4.90 Å². The first kappa shape index (κ1) is 14.6. The molecule has 1 aromatic carbocycles. The van der Waals surface area contributed by atoms with Crippen LogP contribution in [0.15, 0.2) is 18.2 Å². The lowest BCUT2D eigenvalue weighted by Gasteiger charge is -2.23. The maximum atomic E-state index is 12.3. The van der Waals surface area contributed by atoms with E-state index in [4.69, 9.17) is 5.73 Å². The molecule has 0 heterocycles. The van der Waals surface area contributed by atoms with Crippen LogP contribution in [0.4, 0.5) is 5.69 Å². The number of nitrogens with zero attached hydrogens (tertiary/aromatic N) is 1. The van der Waals surface area contributed by atoms with Gasteiger partial charge in [-0.3, -0.25) is 4.79 Å². The number of rotatable bonds is 3. The van der Waals surface area contributed by atoms with Gasteiger partial charge in [0.1, 0.15) is 0 Å². The summed E-state index contributed by atoms with van der Waals surface area (Å²) in [6.07, 6.45) is 0. The molecule has 0 aliphatic heterocycles. The molecular weight excluding hydrogens is 224 g/mol. The predicted octanol–water partition coefficient (Wildman–Crippen LogP) is 3.05. The van der Waals surface area contributed by atoms with Crippen LogP contribution in [0.5, 0.6) is 0 Å². The van der Waals surface area contributed by atoms with Crippen molar-refractivity contribution in [2.75, 3.05) is 18.8 Å². The predicted molar refractivity (Wildman–Crippen MR) is 76.8 cm³/mol. The van der Waals surface area contributed by atoms with Gasteiger partial charge in [0.25, 0.3) is 5.91 Å². The average molecular weight is 248 g/mol. The van der Waals surface area contributed by atoms with Crippen LogP contribution in [0.2, 0.25) is 0 Å². The lowest BCUT2D eigenvalue weighted by atomic mass is 9.85. The van der Waals surface area contributed by atoms with Crippen molar-refractivity contribution in [2.24, 2.45) is 0 Å². The maximum absolute atomic E-state index is 12.3. The molecule has 100 valence electrons. The van der Waals surface area contributed by atoms with Gasteiger partial charge in [-0.2, -0.15) is 0 Å². The minimum atomic E-state index is -0.00628. The van der Waals surface area contributed by atoms with E-state index in [0.717, 1.165) is 18.7 Å². The van der Waals surface area contributed by atoms with E-state index in [-0.39, 0.29) is 11.3 Å². The molecule has 18 heavy (non-hydrogen) atoms. The van der Waals surface area contributed by atoms with Crippen LogP contribution in [0.25, 0.3) is 0 Å². The highest BCUT2D eigenvalue weighted by Gasteiger charge is 2.19. The van der Waals surface area contributed by atoms with E-state index in [1.54, 1.807) is 11.0 Å². The minimum absolute atomic E-state index is 0.00628. The van der Waals surface area contributed by atoms with Crippen LogP contribution in [-0.4, -0.2) is 23.9 Å². The van der Waals surface area contributed by atoms with Gasteiger partial charge in [0, 0.05) is 24.3 Å². The molecule has 3 nitrogen and oxygen atoms in total. The summed E-state index contributed by atoms with van der Waals surface area (Å²) >= 11 is 0. The Kier molecular flexibility index (Phi) is 4.38. The second-order valence-corrected chi connectivity index (χ2v) is 5.57. The van der Waals surface area contributed by atoms with Crippen LogP contribution < -0.4 is 5.73 Å². The quantitative estimate of drug-likeness (QED) is 0.836. The molecule has 1 amide bonds. The van der Waals surface area contributed by atoms with E-state index in [1.165, 1.54) is 0 Å². The summed E-state index contributed by atoms with van der Waals surface area (Å²) in [5.74, 6) is 0.0535. The SMILES string of the molecule is CCN(CC)C(=O)c1cc(N)cc(C(C)(C)C)c1. The zero-order valence-electron chi connectivity index (χ0n) is 12.1. The Morgan fingerprint density at radius 3 is 2.17 bits per heavy atom. The molecule has 0 spiro atoms. The fourth-order valence-corrected chi connectivity index (χ4v) is 1.90. The largest absolute Gasteiger partial charge is 0.399 e. The van der Waals surface area contributed by atoms with E-state index < -0.39 is 0 Å². The summed E-state index contributed by atoms with van der Waals surface area (Å²) < 4.78 is 0. The first-order valence-electron chi connectivity index (χ1n) is 6.50. The van der Waals surface area contributed by atoms with E-state index >= 15 is 0 Å². The number of carbonyl (C=O) groups excluding carboxylic acids is 1. The van der Waals surface area contributed by atoms with E-state index in [0.29, 0.717) is 11.3 Å². The van der Waals surface area contributed by atoms with Gasteiger partial charge in [-0.25, -0.2) is 0 Å². The summed E-state index contributed by atoms with van der Waals surface area (Å²) in [6, 6.07) is 5.66. The summed E-state index contributed by atoms with van der Waals surface area (Å²) in [6.45, 7) is 11.8. The number of anilines is 1. The summed E-state index contributed by atoms with van der Waals surface area (Å²) in [7, 11) is 0. The van der Waals surface area contributed by atoms with Crippen molar-refractivity contribution in [3.05, 3.63) is 29.3 Å².